The van der Waals surface area contributed by atoms with Crippen molar-refractivity contribution in [3.63, 3.8) is 0 Å². The van der Waals surface area contributed by atoms with E-state index in [0.29, 0.717) is 34.8 Å². The highest BCUT2D eigenvalue weighted by Crippen LogP contribution is 2.36. The van der Waals surface area contributed by atoms with E-state index < -0.39 is 0 Å². The molecule has 0 atom stereocenters. The van der Waals surface area contributed by atoms with Crippen molar-refractivity contribution >= 4 is 34.5 Å². The molecular formula is C18H21ClN2O3S. The zero-order valence-corrected chi connectivity index (χ0v) is 15.8. The highest BCUT2D eigenvalue weighted by molar-refractivity contribution is 7.07. The fourth-order valence-electron chi connectivity index (χ4n) is 2.70. The molecule has 1 aliphatic carbocycles. The summed E-state index contributed by atoms with van der Waals surface area (Å²) in [6.07, 6.45) is 2.30. The van der Waals surface area contributed by atoms with Gasteiger partial charge >= 0.3 is 0 Å². The smallest absolute Gasteiger partial charge is 0.238 e. The van der Waals surface area contributed by atoms with Crippen LogP contribution >= 0.6 is 22.9 Å². The van der Waals surface area contributed by atoms with Gasteiger partial charge in [0.15, 0.2) is 0 Å². The predicted molar refractivity (Wildman–Crippen MR) is 101 cm³/mol. The van der Waals surface area contributed by atoms with Crippen LogP contribution in [0.3, 0.4) is 0 Å². The Kier molecular flexibility index (Phi) is 5.83. The highest BCUT2D eigenvalue weighted by Gasteiger charge is 2.30. The Bertz CT molecular complexity index is 732. The molecule has 134 valence electrons. The first-order valence-corrected chi connectivity index (χ1v) is 9.39. The van der Waals surface area contributed by atoms with Gasteiger partial charge in [0.25, 0.3) is 0 Å². The number of nitrogens with zero attached hydrogens (tertiary/aromatic N) is 1. The van der Waals surface area contributed by atoms with Gasteiger partial charge in [-0.05, 0) is 35.2 Å². The summed E-state index contributed by atoms with van der Waals surface area (Å²) >= 11 is 7.78. The molecule has 2 aromatic rings. The summed E-state index contributed by atoms with van der Waals surface area (Å²) in [5, 5.41) is 7.54. The topological polar surface area (TPSA) is 50.8 Å². The second-order valence-corrected chi connectivity index (χ2v) is 7.19. The molecule has 0 spiro atoms. The summed E-state index contributed by atoms with van der Waals surface area (Å²) in [6, 6.07) is 5.91. The number of carbonyl (C=O) groups is 1. The third kappa shape index (κ3) is 4.66. The standard InChI is InChI=1S/C18H21ClN2O3S/c1-23-16-8-15(17(24-2)7-14(16)19)20-18(22)10-21(13-3-4-13)9-12-5-6-25-11-12/h5-8,11,13H,3-4,9-10H2,1-2H3,(H,20,22). The molecule has 0 unspecified atom stereocenters. The maximum absolute atomic E-state index is 12.6. The van der Waals surface area contributed by atoms with Gasteiger partial charge in [-0.1, -0.05) is 11.6 Å². The lowest BCUT2D eigenvalue weighted by molar-refractivity contribution is -0.117. The molecule has 1 N–H and O–H groups in total. The van der Waals surface area contributed by atoms with Crippen LogP contribution in [0.15, 0.2) is 29.0 Å². The third-order valence-corrected chi connectivity index (χ3v) is 5.15. The van der Waals surface area contributed by atoms with E-state index in [1.165, 1.54) is 12.7 Å². The Morgan fingerprint density at radius 2 is 2.08 bits per heavy atom. The van der Waals surface area contributed by atoms with Crippen molar-refractivity contribution in [1.29, 1.82) is 0 Å². The quantitative estimate of drug-likeness (QED) is 0.751. The van der Waals surface area contributed by atoms with Gasteiger partial charge in [-0.25, -0.2) is 0 Å². The Morgan fingerprint density at radius 3 is 2.68 bits per heavy atom. The van der Waals surface area contributed by atoms with Crippen molar-refractivity contribution in [3.05, 3.63) is 39.5 Å². The summed E-state index contributed by atoms with van der Waals surface area (Å²) in [7, 11) is 3.08. The molecule has 25 heavy (non-hydrogen) atoms. The molecule has 0 radical (unpaired) electrons. The maximum atomic E-state index is 12.6. The molecule has 0 saturated heterocycles. The first-order chi connectivity index (χ1) is 12.1. The Labute approximate surface area is 156 Å². The van der Waals surface area contributed by atoms with Crippen molar-refractivity contribution in [3.8, 4) is 11.5 Å². The van der Waals surface area contributed by atoms with Gasteiger partial charge in [0.1, 0.15) is 11.5 Å². The van der Waals surface area contributed by atoms with E-state index in [0.717, 1.165) is 19.4 Å². The van der Waals surface area contributed by atoms with Gasteiger partial charge in [-0.3, -0.25) is 9.69 Å². The minimum Gasteiger partial charge on any atom is -0.495 e. The number of benzene rings is 1. The SMILES string of the molecule is COc1cc(NC(=O)CN(Cc2ccsc2)C2CC2)c(OC)cc1Cl. The number of nitrogens with one attached hydrogen (secondary N) is 1. The molecule has 1 aromatic carbocycles. The molecule has 1 saturated carbocycles. The second kappa shape index (κ2) is 8.08. The van der Waals surface area contributed by atoms with Crippen molar-refractivity contribution in [1.82, 2.24) is 4.90 Å². The number of methoxy groups -OCH3 is 2. The van der Waals surface area contributed by atoms with E-state index in [-0.39, 0.29) is 5.91 Å². The second-order valence-electron chi connectivity index (χ2n) is 6.00. The van der Waals surface area contributed by atoms with Crippen LogP contribution in [0.1, 0.15) is 18.4 Å². The molecule has 1 amide bonds. The van der Waals surface area contributed by atoms with E-state index in [9.17, 15) is 4.79 Å². The average Bonchev–Trinajstić information content (AvgIpc) is 3.33. The lowest BCUT2D eigenvalue weighted by atomic mass is 10.2. The van der Waals surface area contributed by atoms with Crippen molar-refractivity contribution in [2.24, 2.45) is 0 Å². The molecule has 7 heteroatoms. The van der Waals surface area contributed by atoms with Crippen LogP contribution in [0, 0.1) is 0 Å². The van der Waals surface area contributed by atoms with E-state index in [2.05, 4.69) is 27.0 Å². The number of carbonyl (C=O) groups excluding carboxylic acids is 1. The molecule has 3 rings (SSSR count). The molecule has 0 aliphatic heterocycles. The number of rotatable bonds is 8. The summed E-state index contributed by atoms with van der Waals surface area (Å²) in [5.41, 5.74) is 1.80. The summed E-state index contributed by atoms with van der Waals surface area (Å²) < 4.78 is 10.5. The lowest BCUT2D eigenvalue weighted by Crippen LogP contribution is -2.34. The minimum absolute atomic E-state index is 0.0789. The highest BCUT2D eigenvalue weighted by atomic mass is 35.5. The summed E-state index contributed by atoms with van der Waals surface area (Å²) in [6.45, 7) is 1.14. The zero-order chi connectivity index (χ0) is 17.8. The molecule has 5 nitrogen and oxygen atoms in total. The first kappa shape index (κ1) is 18.0. The van der Waals surface area contributed by atoms with Crippen LogP contribution in [0.2, 0.25) is 5.02 Å². The molecule has 1 fully saturated rings. The predicted octanol–water partition coefficient (Wildman–Crippen LogP) is 4.02. The normalized spacial score (nSPS) is 13.8. The van der Waals surface area contributed by atoms with Crippen molar-refractivity contribution in [2.75, 3.05) is 26.1 Å². The van der Waals surface area contributed by atoms with Crippen LogP contribution < -0.4 is 14.8 Å². The van der Waals surface area contributed by atoms with Crippen molar-refractivity contribution < 1.29 is 14.3 Å². The minimum atomic E-state index is -0.0789. The number of halogens is 1. The van der Waals surface area contributed by atoms with Gasteiger partial charge in [-0.15, -0.1) is 0 Å². The van der Waals surface area contributed by atoms with E-state index >= 15 is 0 Å². The first-order valence-electron chi connectivity index (χ1n) is 8.07. The molecule has 1 aromatic heterocycles. The van der Waals surface area contributed by atoms with E-state index in [1.807, 2.05) is 0 Å². The molecule has 1 heterocycles. The van der Waals surface area contributed by atoms with E-state index in [4.69, 9.17) is 21.1 Å². The Balaban J connectivity index is 1.68. The van der Waals surface area contributed by atoms with Crippen LogP contribution in [0.25, 0.3) is 0 Å². The number of anilines is 1. The largest absolute Gasteiger partial charge is 0.495 e. The summed E-state index contributed by atoms with van der Waals surface area (Å²) in [5.74, 6) is 0.926. The number of thiophene rings is 1. The van der Waals surface area contributed by atoms with Crippen LogP contribution in [0.4, 0.5) is 5.69 Å². The average molecular weight is 381 g/mol. The van der Waals surface area contributed by atoms with Crippen LogP contribution in [0.5, 0.6) is 11.5 Å². The van der Waals surface area contributed by atoms with Gasteiger partial charge < -0.3 is 14.8 Å². The number of ether oxygens (including phenoxy) is 2. The van der Waals surface area contributed by atoms with Gasteiger partial charge in [-0.2, -0.15) is 11.3 Å². The van der Waals surface area contributed by atoms with Crippen LogP contribution in [-0.2, 0) is 11.3 Å². The fourth-order valence-corrected chi connectivity index (χ4v) is 3.59. The number of hydrogen-bond acceptors (Lipinski definition) is 5. The van der Waals surface area contributed by atoms with Gasteiger partial charge in [0, 0.05) is 24.7 Å². The Morgan fingerprint density at radius 1 is 1.32 bits per heavy atom. The monoisotopic (exact) mass is 380 g/mol. The van der Waals surface area contributed by atoms with E-state index in [1.54, 1.807) is 30.6 Å². The van der Waals surface area contributed by atoms with Crippen molar-refractivity contribution in [2.45, 2.75) is 25.4 Å². The van der Waals surface area contributed by atoms with Crippen LogP contribution in [-0.4, -0.2) is 37.6 Å². The van der Waals surface area contributed by atoms with Gasteiger partial charge in [0.05, 0.1) is 31.5 Å². The fraction of sp³-hybridized carbons (Fsp3) is 0.389. The Hall–Kier alpha value is -1.76. The van der Waals surface area contributed by atoms with Gasteiger partial charge in [0.2, 0.25) is 5.91 Å². The number of amides is 1. The summed E-state index contributed by atoms with van der Waals surface area (Å²) in [4.78, 5) is 14.8. The zero-order valence-electron chi connectivity index (χ0n) is 14.3. The molecule has 1 aliphatic rings. The number of hydrogen-bond donors (Lipinski definition) is 1. The maximum Gasteiger partial charge on any atom is 0.238 e. The third-order valence-electron chi connectivity index (χ3n) is 4.12. The lowest BCUT2D eigenvalue weighted by Gasteiger charge is -2.21. The molecular weight excluding hydrogens is 360 g/mol. The molecule has 0 bridgehead atoms.